The number of carbonyl (C=O) groups excluding carboxylic acids is 1. The van der Waals surface area contributed by atoms with Gasteiger partial charge in [-0.2, -0.15) is 0 Å². The minimum atomic E-state index is -0.143. The van der Waals surface area contributed by atoms with Gasteiger partial charge in [-0.25, -0.2) is 4.79 Å². The van der Waals surface area contributed by atoms with Crippen LogP contribution in [0.25, 0.3) is 0 Å². The van der Waals surface area contributed by atoms with E-state index in [2.05, 4.69) is 10.2 Å². The third-order valence-electron chi connectivity index (χ3n) is 5.14. The molecule has 2 fully saturated rings. The number of hydrogen-bond acceptors (Lipinski definition) is 4. The predicted octanol–water partition coefficient (Wildman–Crippen LogP) is 2.55. The van der Waals surface area contributed by atoms with Crippen molar-refractivity contribution in [2.45, 2.75) is 44.7 Å². The lowest BCUT2D eigenvalue weighted by molar-refractivity contribution is 0.0628. The molecule has 1 aromatic heterocycles. The molecule has 6 nitrogen and oxygen atoms in total. The van der Waals surface area contributed by atoms with Crippen molar-refractivity contribution >= 4 is 6.03 Å². The zero-order valence-corrected chi connectivity index (χ0v) is 14.8. The smallest absolute Gasteiger partial charge is 0.318 e. The van der Waals surface area contributed by atoms with Crippen molar-refractivity contribution in [3.05, 3.63) is 23.7 Å². The molecule has 1 N–H and O–H groups in total. The lowest BCUT2D eigenvalue weighted by atomic mass is 10.00. The third kappa shape index (κ3) is 4.11. The summed E-state index contributed by atoms with van der Waals surface area (Å²) in [6.07, 6.45) is 4.48. The molecule has 3 rings (SSSR count). The number of ether oxygens (including phenoxy) is 1. The van der Waals surface area contributed by atoms with Gasteiger partial charge in [-0.3, -0.25) is 4.90 Å². The fourth-order valence-electron chi connectivity index (χ4n) is 3.74. The van der Waals surface area contributed by atoms with Gasteiger partial charge in [-0.05, 0) is 44.9 Å². The predicted molar refractivity (Wildman–Crippen MR) is 92.0 cm³/mol. The molecule has 0 radical (unpaired) electrons. The van der Waals surface area contributed by atoms with Gasteiger partial charge in [0, 0.05) is 39.4 Å². The van der Waals surface area contributed by atoms with E-state index >= 15 is 0 Å². The number of piperazine rings is 1. The Hall–Kier alpha value is -1.53. The van der Waals surface area contributed by atoms with Gasteiger partial charge in [0.2, 0.25) is 0 Å². The number of carbonyl (C=O) groups is 1. The van der Waals surface area contributed by atoms with Crippen LogP contribution in [0.5, 0.6) is 0 Å². The molecule has 2 amide bonds. The number of fused-ring (bicyclic) bond motifs is 1. The normalized spacial score (nSPS) is 22.9. The maximum Gasteiger partial charge on any atom is 0.318 e. The molecule has 1 aromatic rings. The van der Waals surface area contributed by atoms with Gasteiger partial charge in [0.1, 0.15) is 11.5 Å². The molecule has 6 heteroatoms. The van der Waals surface area contributed by atoms with Gasteiger partial charge in [-0.1, -0.05) is 6.42 Å². The molecule has 134 valence electrons. The summed E-state index contributed by atoms with van der Waals surface area (Å²) in [6.45, 7) is 6.31. The fourth-order valence-corrected chi connectivity index (χ4v) is 3.74. The van der Waals surface area contributed by atoms with Crippen LogP contribution < -0.4 is 5.32 Å². The molecule has 0 saturated carbocycles. The summed E-state index contributed by atoms with van der Waals surface area (Å²) >= 11 is 0. The molecule has 24 heavy (non-hydrogen) atoms. The third-order valence-corrected chi connectivity index (χ3v) is 5.14. The van der Waals surface area contributed by atoms with Gasteiger partial charge >= 0.3 is 6.03 Å². The van der Waals surface area contributed by atoms with Gasteiger partial charge in [0.25, 0.3) is 0 Å². The first-order chi connectivity index (χ1) is 11.7. The minimum Gasteiger partial charge on any atom is -0.464 e. The van der Waals surface area contributed by atoms with E-state index in [9.17, 15) is 4.79 Å². The lowest BCUT2D eigenvalue weighted by Gasteiger charge is -2.44. The molecule has 0 aliphatic carbocycles. The SMILES string of the molecule is COCC[C@@H](NC(=O)N1CCN2CCCC[C@H]2C1)c1ccc(C)o1. The number of hydrogen-bond donors (Lipinski definition) is 1. The Kier molecular flexibility index (Phi) is 5.79. The molecule has 0 bridgehead atoms. The summed E-state index contributed by atoms with van der Waals surface area (Å²) in [5.41, 5.74) is 0. The number of methoxy groups -OCH3 is 1. The van der Waals surface area contributed by atoms with Crippen LogP contribution in [0.3, 0.4) is 0 Å². The Morgan fingerprint density at radius 1 is 1.38 bits per heavy atom. The van der Waals surface area contributed by atoms with E-state index in [-0.39, 0.29) is 12.1 Å². The molecule has 2 aliphatic rings. The van der Waals surface area contributed by atoms with Gasteiger partial charge in [0.05, 0.1) is 6.04 Å². The minimum absolute atomic E-state index is 0.00961. The van der Waals surface area contributed by atoms with Gasteiger partial charge in [0.15, 0.2) is 0 Å². The van der Waals surface area contributed by atoms with Crippen molar-refractivity contribution < 1.29 is 13.9 Å². The lowest BCUT2D eigenvalue weighted by Crippen LogP contribution is -2.58. The maximum atomic E-state index is 12.7. The number of rotatable bonds is 5. The summed E-state index contributed by atoms with van der Waals surface area (Å²) in [6, 6.07) is 4.27. The number of aryl methyl sites for hydroxylation is 1. The summed E-state index contributed by atoms with van der Waals surface area (Å²) < 4.78 is 10.9. The fraction of sp³-hybridized carbons (Fsp3) is 0.722. The highest BCUT2D eigenvalue weighted by molar-refractivity contribution is 5.74. The van der Waals surface area contributed by atoms with E-state index in [1.54, 1.807) is 7.11 Å². The van der Waals surface area contributed by atoms with E-state index in [1.165, 1.54) is 25.8 Å². The van der Waals surface area contributed by atoms with Crippen molar-refractivity contribution in [3.8, 4) is 0 Å². The van der Waals surface area contributed by atoms with Crippen molar-refractivity contribution in [1.29, 1.82) is 0 Å². The maximum absolute atomic E-state index is 12.7. The first kappa shape index (κ1) is 17.3. The van der Waals surface area contributed by atoms with Crippen LogP contribution in [0.1, 0.15) is 43.2 Å². The second kappa shape index (κ2) is 8.03. The van der Waals surface area contributed by atoms with E-state index in [1.807, 2.05) is 24.0 Å². The highest BCUT2D eigenvalue weighted by Gasteiger charge is 2.32. The van der Waals surface area contributed by atoms with Crippen molar-refractivity contribution in [1.82, 2.24) is 15.1 Å². The first-order valence-electron chi connectivity index (χ1n) is 9.02. The first-order valence-corrected chi connectivity index (χ1v) is 9.02. The second-order valence-electron chi connectivity index (χ2n) is 6.86. The molecular formula is C18H29N3O3. The van der Waals surface area contributed by atoms with Crippen LogP contribution in [0.2, 0.25) is 0 Å². The molecule has 0 aromatic carbocycles. The largest absolute Gasteiger partial charge is 0.464 e. The zero-order valence-electron chi connectivity index (χ0n) is 14.8. The molecule has 2 atom stereocenters. The van der Waals surface area contributed by atoms with Crippen molar-refractivity contribution in [2.24, 2.45) is 0 Å². The average Bonchev–Trinajstić information content (AvgIpc) is 3.04. The van der Waals surface area contributed by atoms with Gasteiger partial charge < -0.3 is 19.4 Å². The van der Waals surface area contributed by atoms with E-state index < -0.39 is 0 Å². The van der Waals surface area contributed by atoms with E-state index in [4.69, 9.17) is 9.15 Å². The standard InChI is InChI=1S/C18H29N3O3/c1-14-6-7-17(24-14)16(8-12-23-2)19-18(22)21-11-10-20-9-4-3-5-15(20)13-21/h6-7,15-16H,3-5,8-13H2,1-2H3,(H,19,22)/t15-,16+/m0/s1. The zero-order chi connectivity index (χ0) is 16.9. The van der Waals surface area contributed by atoms with Crippen LogP contribution in [0.15, 0.2) is 16.5 Å². The topological polar surface area (TPSA) is 58.0 Å². The molecule has 2 aliphatic heterocycles. The van der Waals surface area contributed by atoms with Crippen molar-refractivity contribution in [3.63, 3.8) is 0 Å². The summed E-state index contributed by atoms with van der Waals surface area (Å²) in [5.74, 6) is 1.66. The monoisotopic (exact) mass is 335 g/mol. The molecule has 3 heterocycles. The molecule has 0 spiro atoms. The van der Waals surface area contributed by atoms with Crippen LogP contribution in [0.4, 0.5) is 4.79 Å². The number of urea groups is 1. The average molecular weight is 335 g/mol. The highest BCUT2D eigenvalue weighted by Crippen LogP contribution is 2.23. The van der Waals surface area contributed by atoms with Gasteiger partial charge in [-0.15, -0.1) is 0 Å². The Bertz CT molecular complexity index is 545. The molecular weight excluding hydrogens is 306 g/mol. The van der Waals surface area contributed by atoms with Crippen LogP contribution in [0, 0.1) is 6.92 Å². The Labute approximate surface area is 144 Å². The number of amides is 2. The number of nitrogens with zero attached hydrogens (tertiary/aromatic N) is 2. The number of piperidine rings is 1. The second-order valence-corrected chi connectivity index (χ2v) is 6.86. The summed E-state index contributed by atoms with van der Waals surface area (Å²) in [4.78, 5) is 17.2. The Morgan fingerprint density at radius 2 is 2.25 bits per heavy atom. The van der Waals surface area contributed by atoms with Crippen LogP contribution in [-0.4, -0.2) is 61.8 Å². The van der Waals surface area contributed by atoms with E-state index in [0.717, 1.165) is 31.2 Å². The van der Waals surface area contributed by atoms with Crippen LogP contribution in [-0.2, 0) is 4.74 Å². The Balaban J connectivity index is 1.60. The molecule has 0 unspecified atom stereocenters. The summed E-state index contributed by atoms with van der Waals surface area (Å²) in [5, 5.41) is 3.14. The quantitative estimate of drug-likeness (QED) is 0.898. The highest BCUT2D eigenvalue weighted by atomic mass is 16.5. The summed E-state index contributed by atoms with van der Waals surface area (Å²) in [7, 11) is 1.68. The van der Waals surface area contributed by atoms with Crippen molar-refractivity contribution in [2.75, 3.05) is 39.9 Å². The number of nitrogens with one attached hydrogen (secondary N) is 1. The number of furan rings is 1. The van der Waals surface area contributed by atoms with E-state index in [0.29, 0.717) is 19.1 Å². The van der Waals surface area contributed by atoms with Crippen LogP contribution >= 0.6 is 0 Å². The Morgan fingerprint density at radius 3 is 3.00 bits per heavy atom. The molecule has 2 saturated heterocycles.